The molecule has 1 heterocycles. The predicted molar refractivity (Wildman–Crippen MR) is 43.8 cm³/mol. The summed E-state index contributed by atoms with van der Waals surface area (Å²) in [7, 11) is 0. The van der Waals surface area contributed by atoms with Gasteiger partial charge in [0, 0.05) is 19.2 Å². The van der Waals surface area contributed by atoms with E-state index in [2.05, 4.69) is 5.16 Å². The molecule has 0 saturated carbocycles. The molecule has 66 valence electrons. The first-order valence-electron chi connectivity index (χ1n) is 3.99. The Bertz CT molecular complexity index is 240. The fraction of sp³-hybridized carbons (Fsp3) is 0.500. The summed E-state index contributed by atoms with van der Waals surface area (Å²) in [5.74, 6) is 0.205. The maximum absolute atomic E-state index is 11.5. The lowest BCUT2D eigenvalue weighted by atomic mass is 10.4. The average molecular weight is 168 g/mol. The lowest BCUT2D eigenvalue weighted by molar-refractivity contribution is 0.0731. The molecule has 0 spiro atoms. The molecule has 0 aliphatic carbocycles. The fourth-order valence-electron chi connectivity index (χ4n) is 0.993. The van der Waals surface area contributed by atoms with Crippen LogP contribution in [0.2, 0.25) is 0 Å². The molecule has 1 aromatic rings. The second-order valence-corrected chi connectivity index (χ2v) is 2.35. The van der Waals surface area contributed by atoms with Crippen LogP contribution in [0.15, 0.2) is 16.8 Å². The minimum Gasteiger partial charge on any atom is -0.351 e. The van der Waals surface area contributed by atoms with Crippen LogP contribution in [0.3, 0.4) is 0 Å². The highest BCUT2D eigenvalue weighted by Crippen LogP contribution is 2.02. The van der Waals surface area contributed by atoms with E-state index >= 15 is 0 Å². The van der Waals surface area contributed by atoms with E-state index in [9.17, 15) is 4.79 Å². The first-order chi connectivity index (χ1) is 5.79. The Morgan fingerprint density at radius 1 is 1.58 bits per heavy atom. The largest absolute Gasteiger partial charge is 0.351 e. The minimum absolute atomic E-state index is 0.0995. The van der Waals surface area contributed by atoms with E-state index in [1.807, 2.05) is 13.8 Å². The van der Waals surface area contributed by atoms with Crippen LogP contribution in [-0.4, -0.2) is 29.1 Å². The van der Waals surface area contributed by atoms with Gasteiger partial charge in [-0.05, 0) is 13.8 Å². The summed E-state index contributed by atoms with van der Waals surface area (Å²) < 4.78 is 4.74. The van der Waals surface area contributed by atoms with Gasteiger partial charge >= 0.3 is 0 Å². The molecule has 0 aromatic carbocycles. The third kappa shape index (κ3) is 1.64. The molecular weight excluding hydrogens is 156 g/mol. The third-order valence-corrected chi connectivity index (χ3v) is 1.70. The van der Waals surface area contributed by atoms with Gasteiger partial charge in [0.25, 0.3) is 5.91 Å². The van der Waals surface area contributed by atoms with Crippen molar-refractivity contribution in [2.75, 3.05) is 13.1 Å². The SMILES string of the molecule is CCN(CC)C(=O)c1ccno1. The van der Waals surface area contributed by atoms with Gasteiger partial charge < -0.3 is 9.42 Å². The lowest BCUT2D eigenvalue weighted by Gasteiger charge is -2.15. The van der Waals surface area contributed by atoms with Crippen LogP contribution < -0.4 is 0 Å². The number of hydrogen-bond donors (Lipinski definition) is 0. The summed E-state index contributed by atoms with van der Waals surface area (Å²) in [5.41, 5.74) is 0. The number of carbonyl (C=O) groups is 1. The molecule has 0 aliphatic rings. The summed E-state index contributed by atoms with van der Waals surface area (Å²) in [6.45, 7) is 5.24. The van der Waals surface area contributed by atoms with Crippen molar-refractivity contribution in [3.63, 3.8) is 0 Å². The molecule has 1 rings (SSSR count). The molecule has 1 amide bonds. The molecular formula is C8H12N2O2. The average Bonchev–Trinajstić information content (AvgIpc) is 2.58. The Morgan fingerprint density at radius 3 is 2.67 bits per heavy atom. The van der Waals surface area contributed by atoms with Crippen molar-refractivity contribution in [3.05, 3.63) is 18.0 Å². The quantitative estimate of drug-likeness (QED) is 0.680. The van der Waals surface area contributed by atoms with Crippen LogP contribution in [0.5, 0.6) is 0 Å². The predicted octanol–water partition coefficient (Wildman–Crippen LogP) is 1.16. The van der Waals surface area contributed by atoms with Crippen LogP contribution in [0.4, 0.5) is 0 Å². The van der Waals surface area contributed by atoms with Crippen LogP contribution in [0, 0.1) is 0 Å². The summed E-state index contributed by atoms with van der Waals surface area (Å²) in [6, 6.07) is 1.57. The molecule has 0 bridgehead atoms. The maximum atomic E-state index is 11.5. The van der Waals surface area contributed by atoms with Crippen LogP contribution in [-0.2, 0) is 0 Å². The molecule has 4 heteroatoms. The number of hydrogen-bond acceptors (Lipinski definition) is 3. The van der Waals surface area contributed by atoms with E-state index in [0.29, 0.717) is 18.8 Å². The van der Waals surface area contributed by atoms with Crippen molar-refractivity contribution in [3.8, 4) is 0 Å². The molecule has 0 fully saturated rings. The van der Waals surface area contributed by atoms with Gasteiger partial charge in [-0.3, -0.25) is 4.79 Å². The fourth-order valence-corrected chi connectivity index (χ4v) is 0.993. The van der Waals surface area contributed by atoms with Crippen molar-refractivity contribution in [2.45, 2.75) is 13.8 Å². The second kappa shape index (κ2) is 3.90. The monoisotopic (exact) mass is 168 g/mol. The summed E-state index contributed by atoms with van der Waals surface area (Å²) in [4.78, 5) is 13.1. The van der Waals surface area contributed by atoms with Crippen molar-refractivity contribution >= 4 is 5.91 Å². The van der Waals surface area contributed by atoms with Gasteiger partial charge in [-0.2, -0.15) is 0 Å². The highest BCUT2D eigenvalue weighted by atomic mass is 16.5. The molecule has 0 radical (unpaired) electrons. The first kappa shape index (κ1) is 8.77. The zero-order chi connectivity index (χ0) is 8.97. The van der Waals surface area contributed by atoms with Crippen LogP contribution in [0.25, 0.3) is 0 Å². The summed E-state index contributed by atoms with van der Waals surface area (Å²) in [6.07, 6.45) is 1.47. The van der Waals surface area contributed by atoms with E-state index in [-0.39, 0.29) is 5.91 Å². The Hall–Kier alpha value is -1.32. The standard InChI is InChI=1S/C8H12N2O2/c1-3-10(4-2)8(11)7-5-6-9-12-7/h5-6H,3-4H2,1-2H3. The zero-order valence-electron chi connectivity index (χ0n) is 7.28. The molecule has 0 aliphatic heterocycles. The zero-order valence-corrected chi connectivity index (χ0v) is 7.28. The third-order valence-electron chi connectivity index (χ3n) is 1.70. The number of nitrogens with zero attached hydrogens (tertiary/aromatic N) is 2. The Morgan fingerprint density at radius 2 is 2.25 bits per heavy atom. The normalized spacial score (nSPS) is 9.83. The highest BCUT2D eigenvalue weighted by Gasteiger charge is 2.15. The molecule has 0 atom stereocenters. The van der Waals surface area contributed by atoms with Crippen molar-refractivity contribution in [1.82, 2.24) is 10.1 Å². The second-order valence-electron chi connectivity index (χ2n) is 2.35. The Labute approximate surface area is 71.1 Å². The number of rotatable bonds is 3. The number of amides is 1. The molecule has 0 unspecified atom stereocenters. The minimum atomic E-state index is -0.0995. The molecule has 4 nitrogen and oxygen atoms in total. The van der Waals surface area contributed by atoms with E-state index in [1.54, 1.807) is 11.0 Å². The number of carbonyl (C=O) groups excluding carboxylic acids is 1. The van der Waals surface area contributed by atoms with Gasteiger partial charge in [-0.15, -0.1) is 0 Å². The molecule has 1 aromatic heterocycles. The highest BCUT2D eigenvalue weighted by molar-refractivity contribution is 5.91. The van der Waals surface area contributed by atoms with Gasteiger partial charge in [0.05, 0.1) is 6.20 Å². The van der Waals surface area contributed by atoms with E-state index < -0.39 is 0 Å². The smallest absolute Gasteiger partial charge is 0.292 e. The van der Waals surface area contributed by atoms with Crippen LogP contribution >= 0.6 is 0 Å². The van der Waals surface area contributed by atoms with E-state index in [1.165, 1.54) is 6.20 Å². The van der Waals surface area contributed by atoms with Crippen molar-refractivity contribution < 1.29 is 9.32 Å². The Kier molecular flexibility index (Phi) is 2.85. The Balaban J connectivity index is 2.70. The van der Waals surface area contributed by atoms with E-state index in [4.69, 9.17) is 4.52 Å². The van der Waals surface area contributed by atoms with Gasteiger partial charge in [0.2, 0.25) is 5.76 Å². The van der Waals surface area contributed by atoms with Crippen LogP contribution in [0.1, 0.15) is 24.4 Å². The molecule has 12 heavy (non-hydrogen) atoms. The maximum Gasteiger partial charge on any atom is 0.292 e. The summed E-state index contributed by atoms with van der Waals surface area (Å²) in [5, 5.41) is 3.47. The van der Waals surface area contributed by atoms with E-state index in [0.717, 1.165) is 0 Å². The van der Waals surface area contributed by atoms with Gasteiger partial charge in [-0.1, -0.05) is 5.16 Å². The van der Waals surface area contributed by atoms with Crippen molar-refractivity contribution in [2.24, 2.45) is 0 Å². The molecule has 0 N–H and O–H groups in total. The molecule has 0 saturated heterocycles. The first-order valence-corrected chi connectivity index (χ1v) is 3.99. The topological polar surface area (TPSA) is 46.3 Å². The summed E-state index contributed by atoms with van der Waals surface area (Å²) >= 11 is 0. The van der Waals surface area contributed by atoms with Gasteiger partial charge in [0.15, 0.2) is 0 Å². The van der Waals surface area contributed by atoms with Gasteiger partial charge in [0.1, 0.15) is 0 Å². The van der Waals surface area contributed by atoms with Gasteiger partial charge in [-0.25, -0.2) is 0 Å². The lowest BCUT2D eigenvalue weighted by Crippen LogP contribution is -2.30. The van der Waals surface area contributed by atoms with Crippen molar-refractivity contribution in [1.29, 1.82) is 0 Å². The number of aromatic nitrogens is 1.